The minimum Gasteiger partial charge on any atom is -0.332 e. The van der Waals surface area contributed by atoms with E-state index in [9.17, 15) is 12.8 Å². The van der Waals surface area contributed by atoms with Gasteiger partial charge in [-0.25, -0.2) is 17.8 Å². The van der Waals surface area contributed by atoms with Crippen LogP contribution < -0.4 is 4.72 Å². The number of nitrogens with one attached hydrogen (secondary N) is 1. The second-order valence-electron chi connectivity index (χ2n) is 7.48. The second kappa shape index (κ2) is 8.91. The number of benzene rings is 3. The van der Waals surface area contributed by atoms with E-state index in [0.717, 1.165) is 5.56 Å². The minimum atomic E-state index is -3.64. The SMILES string of the molecule is O=S(=O)(Nc1ccc(Cn2cnc(-c3nc(-c4cccc(F)c4)no3)c2)cc1)c1ccccc1. The largest absolute Gasteiger partial charge is 0.332 e. The summed E-state index contributed by atoms with van der Waals surface area (Å²) in [5.41, 5.74) is 2.41. The predicted octanol–water partition coefficient (Wildman–Crippen LogP) is 4.59. The minimum absolute atomic E-state index is 0.201. The molecule has 0 bridgehead atoms. The van der Waals surface area contributed by atoms with Gasteiger partial charge in [0.25, 0.3) is 15.9 Å². The maximum Gasteiger partial charge on any atom is 0.278 e. The first-order chi connectivity index (χ1) is 16.5. The highest BCUT2D eigenvalue weighted by Gasteiger charge is 2.15. The van der Waals surface area contributed by atoms with E-state index in [-0.39, 0.29) is 22.4 Å². The third-order valence-corrected chi connectivity index (χ3v) is 6.38. The number of aromatic nitrogens is 4. The Balaban J connectivity index is 1.26. The molecule has 1 N–H and O–H groups in total. The number of nitrogens with zero attached hydrogens (tertiary/aromatic N) is 4. The average Bonchev–Trinajstić information content (AvgIpc) is 3.51. The Labute approximate surface area is 194 Å². The molecule has 2 heterocycles. The zero-order valence-corrected chi connectivity index (χ0v) is 18.5. The lowest BCUT2D eigenvalue weighted by molar-refractivity contribution is 0.431. The number of halogens is 1. The fourth-order valence-electron chi connectivity index (χ4n) is 3.33. The van der Waals surface area contributed by atoms with Crippen molar-refractivity contribution in [3.05, 3.63) is 103 Å². The summed E-state index contributed by atoms with van der Waals surface area (Å²) in [5, 5.41) is 3.90. The molecule has 3 aromatic carbocycles. The first kappa shape index (κ1) is 21.5. The topological polar surface area (TPSA) is 103 Å². The molecule has 0 saturated heterocycles. The highest BCUT2D eigenvalue weighted by atomic mass is 32.2. The maximum absolute atomic E-state index is 13.4. The van der Waals surface area contributed by atoms with E-state index in [4.69, 9.17) is 4.52 Å². The number of anilines is 1. The van der Waals surface area contributed by atoms with Crippen molar-refractivity contribution in [3.63, 3.8) is 0 Å². The Morgan fingerprint density at radius 3 is 2.53 bits per heavy atom. The van der Waals surface area contributed by atoms with Gasteiger partial charge >= 0.3 is 0 Å². The number of hydrogen-bond donors (Lipinski definition) is 1. The molecule has 8 nitrogen and oxygen atoms in total. The van der Waals surface area contributed by atoms with Gasteiger partial charge < -0.3 is 9.09 Å². The van der Waals surface area contributed by atoms with E-state index >= 15 is 0 Å². The summed E-state index contributed by atoms with van der Waals surface area (Å²) < 4.78 is 48.1. The van der Waals surface area contributed by atoms with Crippen molar-refractivity contribution in [1.29, 1.82) is 0 Å². The summed E-state index contributed by atoms with van der Waals surface area (Å²) in [7, 11) is -3.64. The summed E-state index contributed by atoms with van der Waals surface area (Å²) in [5.74, 6) is 0.119. The molecule has 5 aromatic rings. The van der Waals surface area contributed by atoms with Gasteiger partial charge in [-0.15, -0.1) is 0 Å². The van der Waals surface area contributed by atoms with E-state index in [0.29, 0.717) is 23.5 Å². The van der Waals surface area contributed by atoms with Crippen molar-refractivity contribution in [3.8, 4) is 23.0 Å². The van der Waals surface area contributed by atoms with Crippen LogP contribution in [0.5, 0.6) is 0 Å². The summed E-state index contributed by atoms with van der Waals surface area (Å²) in [6.45, 7) is 0.504. The fraction of sp³-hybridized carbons (Fsp3) is 0.0417. The number of sulfonamides is 1. The molecule has 0 saturated carbocycles. The van der Waals surface area contributed by atoms with Crippen LogP contribution in [0.4, 0.5) is 10.1 Å². The van der Waals surface area contributed by atoms with Crippen LogP contribution in [0.15, 0.2) is 101 Å². The van der Waals surface area contributed by atoms with Crippen molar-refractivity contribution in [2.45, 2.75) is 11.4 Å². The van der Waals surface area contributed by atoms with E-state index in [1.165, 1.54) is 24.3 Å². The summed E-state index contributed by atoms with van der Waals surface area (Å²) >= 11 is 0. The molecule has 34 heavy (non-hydrogen) atoms. The molecule has 0 fully saturated rings. The van der Waals surface area contributed by atoms with Crippen LogP contribution in [-0.2, 0) is 16.6 Å². The Hall–Kier alpha value is -4.31. The molecule has 5 rings (SSSR count). The fourth-order valence-corrected chi connectivity index (χ4v) is 4.41. The van der Waals surface area contributed by atoms with E-state index in [1.807, 2.05) is 16.7 Å². The van der Waals surface area contributed by atoms with Crippen LogP contribution in [0.25, 0.3) is 23.0 Å². The molecule has 0 atom stereocenters. The maximum atomic E-state index is 13.4. The first-order valence-electron chi connectivity index (χ1n) is 10.2. The zero-order valence-electron chi connectivity index (χ0n) is 17.7. The van der Waals surface area contributed by atoms with Gasteiger partial charge in [0.05, 0.1) is 11.2 Å². The van der Waals surface area contributed by atoms with Crippen molar-refractivity contribution < 1.29 is 17.3 Å². The molecule has 10 heteroatoms. The molecule has 2 aromatic heterocycles. The monoisotopic (exact) mass is 475 g/mol. The third-order valence-electron chi connectivity index (χ3n) is 4.99. The highest BCUT2D eigenvalue weighted by molar-refractivity contribution is 7.92. The van der Waals surface area contributed by atoms with Crippen LogP contribution in [0.3, 0.4) is 0 Å². The number of imidazole rings is 1. The average molecular weight is 476 g/mol. The van der Waals surface area contributed by atoms with Gasteiger partial charge in [-0.2, -0.15) is 4.98 Å². The van der Waals surface area contributed by atoms with Gasteiger partial charge in [0, 0.05) is 24.0 Å². The molecule has 0 radical (unpaired) electrons. The van der Waals surface area contributed by atoms with E-state index < -0.39 is 10.0 Å². The van der Waals surface area contributed by atoms with Crippen LogP contribution in [0.2, 0.25) is 0 Å². The quantitative estimate of drug-likeness (QED) is 0.369. The normalized spacial score (nSPS) is 11.4. The van der Waals surface area contributed by atoms with Gasteiger partial charge in [-0.3, -0.25) is 4.72 Å². The smallest absolute Gasteiger partial charge is 0.278 e. The molecular weight excluding hydrogens is 457 g/mol. The van der Waals surface area contributed by atoms with Crippen molar-refractivity contribution in [1.82, 2.24) is 19.7 Å². The van der Waals surface area contributed by atoms with Crippen LogP contribution >= 0.6 is 0 Å². The molecule has 170 valence electrons. The lowest BCUT2D eigenvalue weighted by Crippen LogP contribution is -2.12. The Morgan fingerprint density at radius 1 is 0.971 bits per heavy atom. The highest BCUT2D eigenvalue weighted by Crippen LogP contribution is 2.22. The number of hydrogen-bond acceptors (Lipinski definition) is 6. The summed E-state index contributed by atoms with van der Waals surface area (Å²) in [6, 6.07) is 21.2. The van der Waals surface area contributed by atoms with Crippen molar-refractivity contribution in [2.75, 3.05) is 4.72 Å². The van der Waals surface area contributed by atoms with Crippen LogP contribution in [0, 0.1) is 5.82 Å². The molecule has 0 aliphatic heterocycles. The zero-order chi connectivity index (χ0) is 23.5. The van der Waals surface area contributed by atoms with Crippen LogP contribution in [0.1, 0.15) is 5.56 Å². The Morgan fingerprint density at radius 2 is 1.76 bits per heavy atom. The summed E-state index contributed by atoms with van der Waals surface area (Å²) in [4.78, 5) is 8.81. The lowest BCUT2D eigenvalue weighted by atomic mass is 10.2. The Kier molecular flexibility index (Phi) is 5.64. The standard InChI is InChI=1S/C24H18FN5O3S/c25-19-6-4-5-18(13-19)23-27-24(33-28-23)22-15-30(16-26-22)14-17-9-11-20(12-10-17)29-34(31,32)21-7-2-1-3-8-21/h1-13,15-16,29H,14H2. The molecule has 0 unspecified atom stereocenters. The van der Waals surface area contributed by atoms with Crippen molar-refractivity contribution >= 4 is 15.7 Å². The van der Waals surface area contributed by atoms with Gasteiger partial charge in [-0.05, 0) is 42.0 Å². The lowest BCUT2D eigenvalue weighted by Gasteiger charge is -2.09. The van der Waals surface area contributed by atoms with Gasteiger partial charge in [0.2, 0.25) is 5.82 Å². The van der Waals surface area contributed by atoms with Crippen molar-refractivity contribution in [2.24, 2.45) is 0 Å². The summed E-state index contributed by atoms with van der Waals surface area (Å²) in [6.07, 6.45) is 3.39. The molecule has 0 aliphatic carbocycles. The second-order valence-corrected chi connectivity index (χ2v) is 9.16. The molecule has 0 aliphatic rings. The van der Waals surface area contributed by atoms with E-state index in [2.05, 4.69) is 19.8 Å². The predicted molar refractivity (Wildman–Crippen MR) is 124 cm³/mol. The van der Waals surface area contributed by atoms with Gasteiger partial charge in [0.15, 0.2) is 0 Å². The van der Waals surface area contributed by atoms with Crippen LogP contribution in [-0.4, -0.2) is 28.1 Å². The third kappa shape index (κ3) is 4.71. The Bertz CT molecular complexity index is 1530. The first-order valence-corrected chi connectivity index (χ1v) is 11.7. The molecular formula is C24H18FN5O3S. The van der Waals surface area contributed by atoms with Gasteiger partial charge in [0.1, 0.15) is 11.5 Å². The molecule has 0 spiro atoms. The number of rotatable bonds is 7. The van der Waals surface area contributed by atoms with Gasteiger partial charge in [-0.1, -0.05) is 47.6 Å². The molecule has 0 amide bonds. The van der Waals surface area contributed by atoms with E-state index in [1.54, 1.807) is 55.0 Å².